The van der Waals surface area contributed by atoms with Crippen LogP contribution in [0.2, 0.25) is 0 Å². The molecule has 136 valence electrons. The summed E-state index contributed by atoms with van der Waals surface area (Å²) in [5, 5.41) is 19.6. The highest BCUT2D eigenvalue weighted by atomic mass is 16.3. The van der Waals surface area contributed by atoms with Crippen LogP contribution in [0.4, 0.5) is 4.79 Å². The fourth-order valence-electron chi connectivity index (χ4n) is 2.52. The third kappa shape index (κ3) is 6.21. The van der Waals surface area contributed by atoms with Crippen molar-refractivity contribution in [1.82, 2.24) is 25.3 Å². The first-order chi connectivity index (χ1) is 12.0. The minimum atomic E-state index is -0.770. The van der Waals surface area contributed by atoms with Crippen LogP contribution in [0.1, 0.15) is 17.2 Å². The molecule has 2 aromatic rings. The molecule has 0 bridgehead atoms. The van der Waals surface area contributed by atoms with Crippen molar-refractivity contribution in [1.29, 1.82) is 0 Å². The van der Waals surface area contributed by atoms with E-state index >= 15 is 0 Å². The summed E-state index contributed by atoms with van der Waals surface area (Å²) in [7, 11) is 5.78. The first-order valence-corrected chi connectivity index (χ1v) is 8.34. The quantitative estimate of drug-likeness (QED) is 0.665. The summed E-state index contributed by atoms with van der Waals surface area (Å²) in [6.45, 7) is 0.666. The monoisotopic (exact) mass is 345 g/mol. The van der Waals surface area contributed by atoms with Crippen molar-refractivity contribution >= 4 is 6.03 Å². The molecule has 0 aliphatic heterocycles. The molecule has 0 aliphatic rings. The maximum Gasteiger partial charge on any atom is 0.314 e. The van der Waals surface area contributed by atoms with Crippen molar-refractivity contribution in [3.8, 4) is 0 Å². The number of benzene rings is 1. The van der Waals surface area contributed by atoms with Crippen LogP contribution in [0.5, 0.6) is 0 Å². The van der Waals surface area contributed by atoms with E-state index in [1.54, 1.807) is 24.1 Å². The molecule has 1 aromatic carbocycles. The van der Waals surface area contributed by atoms with E-state index in [9.17, 15) is 9.90 Å². The lowest BCUT2D eigenvalue weighted by Gasteiger charge is -2.25. The van der Waals surface area contributed by atoms with E-state index in [0.29, 0.717) is 12.1 Å². The minimum Gasteiger partial charge on any atom is -0.386 e. The average molecular weight is 345 g/mol. The smallest absolute Gasteiger partial charge is 0.314 e. The van der Waals surface area contributed by atoms with Gasteiger partial charge < -0.3 is 20.6 Å². The number of aromatic nitrogens is 2. The van der Waals surface area contributed by atoms with Gasteiger partial charge in [-0.25, -0.2) is 4.79 Å². The van der Waals surface area contributed by atoms with E-state index < -0.39 is 6.10 Å². The van der Waals surface area contributed by atoms with Gasteiger partial charge in [0, 0.05) is 37.9 Å². The summed E-state index contributed by atoms with van der Waals surface area (Å²) >= 11 is 0. The van der Waals surface area contributed by atoms with Gasteiger partial charge >= 0.3 is 6.03 Å². The van der Waals surface area contributed by atoms with Gasteiger partial charge in [-0.3, -0.25) is 4.68 Å². The van der Waals surface area contributed by atoms with Crippen molar-refractivity contribution in [3.05, 3.63) is 53.9 Å². The molecule has 0 unspecified atom stereocenters. The van der Waals surface area contributed by atoms with Gasteiger partial charge in [-0.2, -0.15) is 5.10 Å². The highest BCUT2D eigenvalue weighted by Gasteiger charge is 2.15. The number of aliphatic hydroxyl groups is 1. The highest BCUT2D eigenvalue weighted by Crippen LogP contribution is 2.09. The number of carbonyl (C=O) groups is 1. The fourth-order valence-corrected chi connectivity index (χ4v) is 2.52. The van der Waals surface area contributed by atoms with Gasteiger partial charge in [0.15, 0.2) is 0 Å². The summed E-state index contributed by atoms with van der Waals surface area (Å²) in [5.41, 5.74) is 1.91. The van der Waals surface area contributed by atoms with E-state index in [2.05, 4.69) is 32.8 Å². The number of urea groups is 1. The third-order valence-electron chi connectivity index (χ3n) is 4.11. The molecular formula is C18H27N5O2. The van der Waals surface area contributed by atoms with E-state index in [0.717, 1.165) is 6.42 Å². The SMILES string of the molecule is CN(C)[C@H](CNC(=O)NC[C@H](O)c1cnn(C)c1)Cc1ccccc1. The Morgan fingerprint density at radius 3 is 2.52 bits per heavy atom. The van der Waals surface area contributed by atoms with Crippen LogP contribution in [0.25, 0.3) is 0 Å². The fraction of sp³-hybridized carbons (Fsp3) is 0.444. The van der Waals surface area contributed by atoms with E-state index in [1.807, 2.05) is 32.3 Å². The van der Waals surface area contributed by atoms with Gasteiger partial charge in [0.25, 0.3) is 0 Å². The largest absolute Gasteiger partial charge is 0.386 e. The van der Waals surface area contributed by atoms with Crippen molar-refractivity contribution in [3.63, 3.8) is 0 Å². The Hall–Kier alpha value is -2.38. The predicted octanol–water partition coefficient (Wildman–Crippen LogP) is 0.926. The van der Waals surface area contributed by atoms with Crippen LogP contribution in [0, 0.1) is 0 Å². The zero-order chi connectivity index (χ0) is 18.2. The Morgan fingerprint density at radius 2 is 1.92 bits per heavy atom. The number of likely N-dealkylation sites (N-methyl/N-ethyl adjacent to an activating group) is 1. The topological polar surface area (TPSA) is 82.4 Å². The molecule has 0 radical (unpaired) electrons. The zero-order valence-corrected chi connectivity index (χ0v) is 15.0. The second-order valence-corrected chi connectivity index (χ2v) is 6.36. The van der Waals surface area contributed by atoms with E-state index in [-0.39, 0.29) is 18.6 Å². The zero-order valence-electron chi connectivity index (χ0n) is 15.0. The number of amides is 2. The van der Waals surface area contributed by atoms with Gasteiger partial charge in [-0.1, -0.05) is 30.3 Å². The predicted molar refractivity (Wildman–Crippen MR) is 97.2 cm³/mol. The van der Waals surface area contributed by atoms with Crippen LogP contribution in [-0.4, -0.2) is 59.0 Å². The molecule has 3 N–H and O–H groups in total. The molecule has 0 saturated carbocycles. The lowest BCUT2D eigenvalue weighted by Crippen LogP contribution is -2.45. The summed E-state index contributed by atoms with van der Waals surface area (Å²) in [6, 6.07) is 10.1. The average Bonchev–Trinajstić information content (AvgIpc) is 3.03. The lowest BCUT2D eigenvalue weighted by atomic mass is 10.1. The molecule has 7 nitrogen and oxygen atoms in total. The minimum absolute atomic E-state index is 0.142. The molecular weight excluding hydrogens is 318 g/mol. The molecule has 2 amide bonds. The molecule has 0 spiro atoms. The Kier molecular flexibility index (Phi) is 6.97. The van der Waals surface area contributed by atoms with Gasteiger partial charge in [-0.05, 0) is 26.1 Å². The van der Waals surface area contributed by atoms with Crippen LogP contribution in [-0.2, 0) is 13.5 Å². The first-order valence-electron chi connectivity index (χ1n) is 8.34. The number of carbonyl (C=O) groups excluding carboxylic acids is 1. The summed E-state index contributed by atoms with van der Waals surface area (Å²) in [6.07, 6.45) is 3.40. The van der Waals surface area contributed by atoms with Crippen molar-refractivity contribution in [2.75, 3.05) is 27.2 Å². The molecule has 0 aliphatic carbocycles. The molecule has 2 rings (SSSR count). The molecule has 1 heterocycles. The van der Waals surface area contributed by atoms with Crippen molar-refractivity contribution in [2.24, 2.45) is 7.05 Å². The van der Waals surface area contributed by atoms with Gasteiger partial charge in [0.2, 0.25) is 0 Å². The Morgan fingerprint density at radius 1 is 1.24 bits per heavy atom. The molecule has 0 saturated heterocycles. The van der Waals surface area contributed by atoms with Crippen molar-refractivity contribution in [2.45, 2.75) is 18.6 Å². The maximum absolute atomic E-state index is 12.0. The van der Waals surface area contributed by atoms with Gasteiger partial charge in [-0.15, -0.1) is 0 Å². The van der Waals surface area contributed by atoms with Gasteiger partial charge in [0.05, 0.1) is 12.3 Å². The summed E-state index contributed by atoms with van der Waals surface area (Å²) < 4.78 is 1.61. The number of rotatable bonds is 8. The summed E-state index contributed by atoms with van der Waals surface area (Å²) in [5.74, 6) is 0. The lowest BCUT2D eigenvalue weighted by molar-refractivity contribution is 0.172. The Balaban J connectivity index is 1.76. The molecule has 2 atom stereocenters. The molecule has 7 heteroatoms. The van der Waals surface area contributed by atoms with Crippen LogP contribution in [0.15, 0.2) is 42.7 Å². The second-order valence-electron chi connectivity index (χ2n) is 6.36. The van der Waals surface area contributed by atoms with Crippen LogP contribution in [0.3, 0.4) is 0 Å². The molecule has 0 fully saturated rings. The van der Waals surface area contributed by atoms with E-state index in [4.69, 9.17) is 0 Å². The Labute approximate surface area is 148 Å². The first kappa shape index (κ1) is 19.0. The second kappa shape index (κ2) is 9.19. The number of hydrogen-bond donors (Lipinski definition) is 3. The normalized spacial score (nSPS) is 13.5. The molecule has 1 aromatic heterocycles. The number of nitrogens with one attached hydrogen (secondary N) is 2. The molecule has 25 heavy (non-hydrogen) atoms. The highest BCUT2D eigenvalue weighted by molar-refractivity contribution is 5.73. The number of hydrogen-bond acceptors (Lipinski definition) is 4. The standard InChI is InChI=1S/C18H27N5O2/c1-22(2)16(9-14-7-5-4-6-8-14)11-19-18(25)20-12-17(24)15-10-21-23(3)13-15/h4-8,10,13,16-17,24H,9,11-12H2,1-3H3,(H2,19,20,25)/t16-,17-/m0/s1. The third-order valence-corrected chi connectivity index (χ3v) is 4.11. The number of aryl methyl sites for hydroxylation is 1. The van der Waals surface area contributed by atoms with Gasteiger partial charge in [0.1, 0.15) is 0 Å². The van der Waals surface area contributed by atoms with E-state index in [1.165, 1.54) is 5.56 Å². The number of aliphatic hydroxyl groups excluding tert-OH is 1. The summed E-state index contributed by atoms with van der Waals surface area (Å²) in [4.78, 5) is 14.1. The van der Waals surface area contributed by atoms with Crippen LogP contribution >= 0.6 is 0 Å². The maximum atomic E-state index is 12.0. The Bertz CT molecular complexity index is 656. The van der Waals surface area contributed by atoms with Crippen LogP contribution < -0.4 is 10.6 Å². The number of nitrogens with zero attached hydrogens (tertiary/aromatic N) is 3. The van der Waals surface area contributed by atoms with Crippen molar-refractivity contribution < 1.29 is 9.90 Å².